The predicted molar refractivity (Wildman–Crippen MR) is 95.3 cm³/mol. The van der Waals surface area contributed by atoms with Crippen LogP contribution in [0.5, 0.6) is 5.75 Å². The first-order chi connectivity index (χ1) is 13.3. The molecule has 0 aliphatic heterocycles. The molecule has 0 aliphatic carbocycles. The Morgan fingerprint density at radius 1 is 1.21 bits per heavy atom. The number of hydrogen-bond donors (Lipinski definition) is 1. The molecule has 9 heteroatoms. The summed E-state index contributed by atoms with van der Waals surface area (Å²) in [6.45, 7) is 1.94. The molecule has 3 aromatic rings. The average molecular weight is 390 g/mol. The van der Waals surface area contributed by atoms with E-state index in [9.17, 15) is 18.0 Å². The molecule has 0 aliphatic rings. The van der Waals surface area contributed by atoms with Gasteiger partial charge in [0.1, 0.15) is 5.75 Å². The number of carbonyl (C=O) groups is 1. The standard InChI is InChI=1S/C19H17F3N4O2/c1-12-16(18(27)24-9-13-4-3-5-15(8-13)28-2)11-25-26(12)17-7-6-14(10-23-17)19(20,21)22/h3-8,10-11H,9H2,1-2H3,(H,24,27). The Kier molecular flexibility index (Phi) is 5.34. The van der Waals surface area contributed by atoms with Gasteiger partial charge in [-0.3, -0.25) is 4.79 Å². The molecule has 0 radical (unpaired) electrons. The molecule has 1 aromatic carbocycles. The van der Waals surface area contributed by atoms with Crippen LogP contribution in [0.15, 0.2) is 48.8 Å². The fourth-order valence-electron chi connectivity index (χ4n) is 2.60. The highest BCUT2D eigenvalue weighted by atomic mass is 19.4. The highest BCUT2D eigenvalue weighted by Gasteiger charge is 2.30. The number of nitrogens with one attached hydrogen (secondary N) is 1. The third-order valence-electron chi connectivity index (χ3n) is 4.13. The molecule has 0 saturated carbocycles. The van der Waals surface area contributed by atoms with E-state index in [0.29, 0.717) is 23.6 Å². The Bertz CT molecular complexity index is 982. The Morgan fingerprint density at radius 2 is 2.00 bits per heavy atom. The fraction of sp³-hybridized carbons (Fsp3) is 0.211. The second kappa shape index (κ2) is 7.71. The lowest BCUT2D eigenvalue weighted by Crippen LogP contribution is -2.23. The number of carbonyl (C=O) groups excluding carboxylic acids is 1. The maximum Gasteiger partial charge on any atom is 0.417 e. The average Bonchev–Trinajstić information content (AvgIpc) is 3.07. The van der Waals surface area contributed by atoms with E-state index in [2.05, 4.69) is 15.4 Å². The maximum atomic E-state index is 12.7. The topological polar surface area (TPSA) is 69.0 Å². The number of hydrogen-bond acceptors (Lipinski definition) is 4. The van der Waals surface area contributed by atoms with Crippen molar-refractivity contribution in [2.75, 3.05) is 7.11 Å². The summed E-state index contributed by atoms with van der Waals surface area (Å²) in [5.74, 6) is 0.528. The molecule has 0 atom stereocenters. The van der Waals surface area contributed by atoms with Crippen LogP contribution in [0.25, 0.3) is 5.82 Å². The van der Waals surface area contributed by atoms with Crippen molar-refractivity contribution in [1.29, 1.82) is 0 Å². The normalized spacial score (nSPS) is 11.3. The van der Waals surface area contributed by atoms with Crippen LogP contribution in [-0.2, 0) is 12.7 Å². The van der Waals surface area contributed by atoms with E-state index < -0.39 is 11.7 Å². The maximum absolute atomic E-state index is 12.7. The number of nitrogens with zero attached hydrogens (tertiary/aromatic N) is 3. The lowest BCUT2D eigenvalue weighted by molar-refractivity contribution is -0.137. The van der Waals surface area contributed by atoms with Gasteiger partial charge in [0.25, 0.3) is 5.91 Å². The van der Waals surface area contributed by atoms with E-state index in [4.69, 9.17) is 4.74 Å². The van der Waals surface area contributed by atoms with Gasteiger partial charge in [-0.2, -0.15) is 18.3 Å². The number of benzene rings is 1. The quantitative estimate of drug-likeness (QED) is 0.724. The van der Waals surface area contributed by atoms with Gasteiger partial charge in [-0.25, -0.2) is 9.67 Å². The zero-order valence-electron chi connectivity index (χ0n) is 15.1. The molecule has 0 saturated heterocycles. The van der Waals surface area contributed by atoms with Gasteiger partial charge in [-0.15, -0.1) is 0 Å². The monoisotopic (exact) mass is 390 g/mol. The number of rotatable bonds is 5. The van der Waals surface area contributed by atoms with Crippen molar-refractivity contribution in [2.45, 2.75) is 19.6 Å². The third kappa shape index (κ3) is 4.13. The summed E-state index contributed by atoms with van der Waals surface area (Å²) in [7, 11) is 1.56. The number of amides is 1. The first-order valence-electron chi connectivity index (χ1n) is 8.29. The number of aromatic nitrogens is 3. The van der Waals surface area contributed by atoms with Gasteiger partial charge in [-0.05, 0) is 36.8 Å². The third-order valence-corrected chi connectivity index (χ3v) is 4.13. The molecule has 0 unspecified atom stereocenters. The number of halogens is 3. The van der Waals surface area contributed by atoms with E-state index in [1.807, 2.05) is 18.2 Å². The molecule has 1 amide bonds. The van der Waals surface area contributed by atoms with Crippen molar-refractivity contribution in [2.24, 2.45) is 0 Å². The molecule has 2 heterocycles. The van der Waals surface area contributed by atoms with Crippen LogP contribution < -0.4 is 10.1 Å². The Hall–Kier alpha value is -3.36. The first-order valence-corrected chi connectivity index (χ1v) is 8.29. The van der Waals surface area contributed by atoms with Crippen molar-refractivity contribution in [3.63, 3.8) is 0 Å². The molecule has 3 rings (SSSR count). The summed E-state index contributed by atoms with van der Waals surface area (Å²) in [6.07, 6.45) is -2.37. The molecule has 0 bridgehead atoms. The smallest absolute Gasteiger partial charge is 0.417 e. The van der Waals surface area contributed by atoms with Crippen molar-refractivity contribution in [1.82, 2.24) is 20.1 Å². The molecule has 2 aromatic heterocycles. The van der Waals surface area contributed by atoms with E-state index >= 15 is 0 Å². The van der Waals surface area contributed by atoms with E-state index in [0.717, 1.165) is 17.8 Å². The van der Waals surface area contributed by atoms with Gasteiger partial charge in [0, 0.05) is 12.7 Å². The predicted octanol–water partition coefficient (Wildman–Crippen LogP) is 3.53. The number of alkyl halides is 3. The van der Waals surface area contributed by atoms with Crippen LogP contribution in [0.2, 0.25) is 0 Å². The molecule has 6 nitrogen and oxygen atoms in total. The van der Waals surface area contributed by atoms with Gasteiger partial charge in [0.2, 0.25) is 0 Å². The van der Waals surface area contributed by atoms with Crippen LogP contribution in [0, 0.1) is 6.92 Å². The second-order valence-electron chi connectivity index (χ2n) is 5.99. The summed E-state index contributed by atoms with van der Waals surface area (Å²) >= 11 is 0. The van der Waals surface area contributed by atoms with Crippen LogP contribution in [-0.4, -0.2) is 27.8 Å². The molecule has 0 spiro atoms. The van der Waals surface area contributed by atoms with E-state index in [1.54, 1.807) is 20.1 Å². The second-order valence-corrected chi connectivity index (χ2v) is 5.99. The highest BCUT2D eigenvalue weighted by molar-refractivity contribution is 5.95. The molecule has 0 fully saturated rings. The van der Waals surface area contributed by atoms with Gasteiger partial charge in [0.05, 0.1) is 30.1 Å². The summed E-state index contributed by atoms with van der Waals surface area (Å²) in [6, 6.07) is 9.41. The minimum Gasteiger partial charge on any atom is -0.497 e. The fourth-order valence-corrected chi connectivity index (χ4v) is 2.60. The SMILES string of the molecule is COc1cccc(CNC(=O)c2cnn(-c3ccc(C(F)(F)F)cn3)c2C)c1. The van der Waals surface area contributed by atoms with E-state index in [1.165, 1.54) is 16.9 Å². The van der Waals surface area contributed by atoms with Crippen LogP contribution in [0.1, 0.15) is 27.2 Å². The largest absolute Gasteiger partial charge is 0.497 e. The van der Waals surface area contributed by atoms with Crippen LogP contribution in [0.3, 0.4) is 0 Å². The number of methoxy groups -OCH3 is 1. The summed E-state index contributed by atoms with van der Waals surface area (Å²) < 4.78 is 44.4. The van der Waals surface area contributed by atoms with Crippen LogP contribution in [0.4, 0.5) is 13.2 Å². The molecular weight excluding hydrogens is 373 g/mol. The summed E-state index contributed by atoms with van der Waals surface area (Å²) in [5, 5.41) is 6.86. The summed E-state index contributed by atoms with van der Waals surface area (Å²) in [5.41, 5.74) is 0.791. The van der Waals surface area contributed by atoms with Crippen molar-refractivity contribution >= 4 is 5.91 Å². The minimum atomic E-state index is -4.46. The molecule has 1 N–H and O–H groups in total. The Balaban J connectivity index is 1.74. The lowest BCUT2D eigenvalue weighted by Gasteiger charge is -2.09. The first kappa shape index (κ1) is 19.4. The van der Waals surface area contributed by atoms with E-state index in [-0.39, 0.29) is 11.7 Å². The number of pyridine rings is 1. The summed E-state index contributed by atoms with van der Waals surface area (Å²) in [4.78, 5) is 16.3. The van der Waals surface area contributed by atoms with Crippen molar-refractivity contribution < 1.29 is 22.7 Å². The Morgan fingerprint density at radius 3 is 2.64 bits per heavy atom. The molecule has 146 valence electrons. The van der Waals surface area contributed by atoms with Gasteiger partial charge >= 0.3 is 6.18 Å². The molecule has 28 heavy (non-hydrogen) atoms. The lowest BCUT2D eigenvalue weighted by atomic mass is 10.2. The van der Waals surface area contributed by atoms with Gasteiger partial charge < -0.3 is 10.1 Å². The zero-order valence-corrected chi connectivity index (χ0v) is 15.1. The number of ether oxygens (including phenoxy) is 1. The minimum absolute atomic E-state index is 0.192. The zero-order chi connectivity index (χ0) is 20.3. The highest BCUT2D eigenvalue weighted by Crippen LogP contribution is 2.28. The Labute approximate surface area is 159 Å². The molecular formula is C19H17F3N4O2. The van der Waals surface area contributed by atoms with Crippen molar-refractivity contribution in [3.8, 4) is 11.6 Å². The van der Waals surface area contributed by atoms with Gasteiger partial charge in [0.15, 0.2) is 5.82 Å². The van der Waals surface area contributed by atoms with Crippen LogP contribution >= 0.6 is 0 Å². The van der Waals surface area contributed by atoms with Gasteiger partial charge in [-0.1, -0.05) is 12.1 Å². The van der Waals surface area contributed by atoms with Crippen molar-refractivity contribution in [3.05, 3.63) is 71.2 Å².